The van der Waals surface area contributed by atoms with Crippen LogP contribution in [0.3, 0.4) is 0 Å². The van der Waals surface area contributed by atoms with Crippen LogP contribution in [0.2, 0.25) is 0 Å². The average molecular weight is 286 g/mol. The smallest absolute Gasteiger partial charge is 0.311 e. The number of carbonyl (C=O) groups is 1. The quantitative estimate of drug-likeness (QED) is 0.499. The molecule has 6 nitrogen and oxygen atoms in total. The second-order valence-electron chi connectivity index (χ2n) is 4.69. The summed E-state index contributed by atoms with van der Waals surface area (Å²) in [5, 5.41) is 20.1. The standard InChI is InChI=1S/C15H14N2O4/c16-12-6-4-11(5-7-12)14(15(18)19)9-10-2-1-3-13(8-10)17(20)21/h1-8,14H,9,16H2,(H,18,19). The van der Waals surface area contributed by atoms with Crippen molar-refractivity contribution in [3.63, 3.8) is 0 Å². The van der Waals surface area contributed by atoms with E-state index in [2.05, 4.69) is 0 Å². The Labute approximate surface area is 121 Å². The lowest BCUT2D eigenvalue weighted by Gasteiger charge is -2.13. The highest BCUT2D eigenvalue weighted by atomic mass is 16.6. The lowest BCUT2D eigenvalue weighted by Crippen LogP contribution is -2.14. The number of hydrogen-bond acceptors (Lipinski definition) is 4. The van der Waals surface area contributed by atoms with E-state index in [1.807, 2.05) is 0 Å². The van der Waals surface area contributed by atoms with Gasteiger partial charge < -0.3 is 10.8 Å². The lowest BCUT2D eigenvalue weighted by molar-refractivity contribution is -0.384. The molecule has 0 aromatic heterocycles. The van der Waals surface area contributed by atoms with Crippen molar-refractivity contribution in [3.8, 4) is 0 Å². The topological polar surface area (TPSA) is 106 Å². The molecule has 0 fully saturated rings. The number of nitro benzene ring substituents is 1. The normalized spacial score (nSPS) is 11.8. The predicted molar refractivity (Wildman–Crippen MR) is 78.0 cm³/mol. The van der Waals surface area contributed by atoms with Crippen molar-refractivity contribution < 1.29 is 14.8 Å². The van der Waals surface area contributed by atoms with Crippen LogP contribution in [0.4, 0.5) is 11.4 Å². The van der Waals surface area contributed by atoms with E-state index in [9.17, 15) is 20.0 Å². The summed E-state index contributed by atoms with van der Waals surface area (Å²) in [6, 6.07) is 12.6. The number of benzene rings is 2. The number of hydrogen-bond donors (Lipinski definition) is 2. The van der Waals surface area contributed by atoms with Crippen LogP contribution < -0.4 is 5.73 Å². The first kappa shape index (κ1) is 14.5. The van der Waals surface area contributed by atoms with Crippen molar-refractivity contribution in [3.05, 3.63) is 69.8 Å². The first-order valence-electron chi connectivity index (χ1n) is 6.29. The van der Waals surface area contributed by atoms with E-state index in [1.54, 1.807) is 36.4 Å². The number of anilines is 1. The Morgan fingerprint density at radius 3 is 2.48 bits per heavy atom. The van der Waals surface area contributed by atoms with Crippen molar-refractivity contribution in [2.75, 3.05) is 5.73 Å². The van der Waals surface area contributed by atoms with Gasteiger partial charge in [-0.1, -0.05) is 24.3 Å². The van der Waals surface area contributed by atoms with E-state index in [0.29, 0.717) is 16.8 Å². The van der Waals surface area contributed by atoms with Gasteiger partial charge in [-0.25, -0.2) is 0 Å². The molecule has 0 aliphatic rings. The van der Waals surface area contributed by atoms with Crippen molar-refractivity contribution in [1.29, 1.82) is 0 Å². The molecule has 0 spiro atoms. The SMILES string of the molecule is Nc1ccc(C(Cc2cccc([N+](=O)[O-])c2)C(=O)O)cc1. The first-order chi connectivity index (χ1) is 9.97. The third-order valence-electron chi connectivity index (χ3n) is 3.20. The molecule has 108 valence electrons. The molecule has 3 N–H and O–H groups in total. The predicted octanol–water partition coefficient (Wildman–Crippen LogP) is 2.59. The van der Waals surface area contributed by atoms with Gasteiger partial charge in [0.2, 0.25) is 0 Å². The fourth-order valence-electron chi connectivity index (χ4n) is 2.11. The maximum absolute atomic E-state index is 11.4. The minimum Gasteiger partial charge on any atom is -0.481 e. The molecule has 0 bridgehead atoms. The van der Waals surface area contributed by atoms with E-state index in [4.69, 9.17) is 5.73 Å². The van der Waals surface area contributed by atoms with Gasteiger partial charge in [0.15, 0.2) is 0 Å². The Morgan fingerprint density at radius 1 is 1.24 bits per heavy atom. The molecule has 2 aromatic carbocycles. The van der Waals surface area contributed by atoms with Gasteiger partial charge in [-0.2, -0.15) is 0 Å². The number of non-ortho nitro benzene ring substituents is 1. The van der Waals surface area contributed by atoms with E-state index in [0.717, 1.165) is 0 Å². The van der Waals surface area contributed by atoms with E-state index in [-0.39, 0.29) is 12.1 Å². The minimum atomic E-state index is -0.980. The number of aliphatic carboxylic acids is 1. The van der Waals surface area contributed by atoms with Gasteiger partial charge in [0, 0.05) is 17.8 Å². The van der Waals surface area contributed by atoms with Gasteiger partial charge in [-0.05, 0) is 29.7 Å². The third-order valence-corrected chi connectivity index (χ3v) is 3.20. The highest BCUT2D eigenvalue weighted by molar-refractivity contribution is 5.76. The van der Waals surface area contributed by atoms with Crippen LogP contribution >= 0.6 is 0 Å². The monoisotopic (exact) mass is 286 g/mol. The highest BCUT2D eigenvalue weighted by Crippen LogP contribution is 2.24. The Kier molecular flexibility index (Phi) is 4.18. The number of carboxylic acid groups (broad SMARTS) is 1. The number of nitrogens with two attached hydrogens (primary N) is 1. The zero-order chi connectivity index (χ0) is 15.4. The fourth-order valence-corrected chi connectivity index (χ4v) is 2.11. The molecule has 1 unspecified atom stereocenters. The van der Waals surface area contributed by atoms with Crippen LogP contribution in [0.25, 0.3) is 0 Å². The van der Waals surface area contributed by atoms with Gasteiger partial charge in [0.1, 0.15) is 0 Å². The second kappa shape index (κ2) is 6.04. The van der Waals surface area contributed by atoms with Crippen LogP contribution in [0.15, 0.2) is 48.5 Å². The summed E-state index contributed by atoms with van der Waals surface area (Å²) in [4.78, 5) is 21.7. The summed E-state index contributed by atoms with van der Waals surface area (Å²) in [6.45, 7) is 0. The van der Waals surface area contributed by atoms with Crippen LogP contribution in [0.5, 0.6) is 0 Å². The summed E-state index contributed by atoms with van der Waals surface area (Å²) < 4.78 is 0. The van der Waals surface area contributed by atoms with Gasteiger partial charge in [0.25, 0.3) is 5.69 Å². The van der Waals surface area contributed by atoms with Crippen molar-refractivity contribution >= 4 is 17.3 Å². The molecule has 2 rings (SSSR count). The number of carboxylic acids is 1. The number of nitrogen functional groups attached to an aromatic ring is 1. The fraction of sp³-hybridized carbons (Fsp3) is 0.133. The van der Waals surface area contributed by atoms with E-state index in [1.165, 1.54) is 12.1 Å². The van der Waals surface area contributed by atoms with Crippen LogP contribution in [-0.2, 0) is 11.2 Å². The Balaban J connectivity index is 2.28. The summed E-state index contributed by atoms with van der Waals surface area (Å²) in [5.41, 5.74) is 7.31. The molecular weight excluding hydrogens is 272 g/mol. The number of nitro groups is 1. The van der Waals surface area contributed by atoms with Crippen LogP contribution in [0.1, 0.15) is 17.0 Å². The van der Waals surface area contributed by atoms with Crippen LogP contribution in [0, 0.1) is 10.1 Å². The van der Waals surface area contributed by atoms with Crippen molar-refractivity contribution in [1.82, 2.24) is 0 Å². The second-order valence-corrected chi connectivity index (χ2v) is 4.69. The van der Waals surface area contributed by atoms with Gasteiger partial charge in [0.05, 0.1) is 10.8 Å². The number of rotatable bonds is 5. The molecule has 21 heavy (non-hydrogen) atoms. The van der Waals surface area contributed by atoms with Crippen LogP contribution in [-0.4, -0.2) is 16.0 Å². The summed E-state index contributed by atoms with van der Waals surface area (Å²) in [7, 11) is 0. The molecule has 1 atom stereocenters. The minimum absolute atomic E-state index is 0.0473. The van der Waals surface area contributed by atoms with Gasteiger partial charge in [-0.15, -0.1) is 0 Å². The van der Waals surface area contributed by atoms with Crippen molar-refractivity contribution in [2.24, 2.45) is 0 Å². The van der Waals surface area contributed by atoms with Gasteiger partial charge in [-0.3, -0.25) is 14.9 Å². The molecule has 0 heterocycles. The molecule has 0 amide bonds. The molecule has 0 saturated heterocycles. The van der Waals surface area contributed by atoms with E-state index >= 15 is 0 Å². The zero-order valence-electron chi connectivity index (χ0n) is 11.1. The molecule has 6 heteroatoms. The summed E-state index contributed by atoms with van der Waals surface area (Å²) in [5.74, 6) is -1.75. The number of nitrogens with zero attached hydrogens (tertiary/aromatic N) is 1. The third kappa shape index (κ3) is 3.56. The van der Waals surface area contributed by atoms with Gasteiger partial charge >= 0.3 is 5.97 Å². The average Bonchev–Trinajstić information content (AvgIpc) is 2.46. The summed E-state index contributed by atoms with van der Waals surface area (Å²) in [6.07, 6.45) is 0.181. The highest BCUT2D eigenvalue weighted by Gasteiger charge is 2.21. The first-order valence-corrected chi connectivity index (χ1v) is 6.29. The molecule has 0 aliphatic heterocycles. The molecule has 0 radical (unpaired) electrons. The Bertz CT molecular complexity index is 668. The maximum atomic E-state index is 11.4. The molecular formula is C15H14N2O4. The molecule has 0 aliphatic carbocycles. The largest absolute Gasteiger partial charge is 0.481 e. The zero-order valence-corrected chi connectivity index (χ0v) is 11.1. The van der Waals surface area contributed by atoms with E-state index < -0.39 is 16.8 Å². The lowest BCUT2D eigenvalue weighted by atomic mass is 9.92. The Morgan fingerprint density at radius 2 is 1.90 bits per heavy atom. The maximum Gasteiger partial charge on any atom is 0.311 e. The molecule has 2 aromatic rings. The Hall–Kier alpha value is -2.89. The van der Waals surface area contributed by atoms with Crippen molar-refractivity contribution in [2.45, 2.75) is 12.3 Å². The summed E-state index contributed by atoms with van der Waals surface area (Å²) >= 11 is 0. The molecule has 0 saturated carbocycles.